The smallest absolute Gasteiger partial charge is 0.354 e. The van der Waals surface area contributed by atoms with Crippen LogP contribution in [-0.4, -0.2) is 20.3 Å². The molecule has 2 aromatic rings. The van der Waals surface area contributed by atoms with Gasteiger partial charge in [-0.1, -0.05) is 0 Å². The maximum Gasteiger partial charge on any atom is 0.354 e. The number of amides is 2. The summed E-state index contributed by atoms with van der Waals surface area (Å²) in [5.74, 6) is 0. The van der Waals surface area contributed by atoms with Gasteiger partial charge in [-0.3, -0.25) is 0 Å². The molecular weight excluding hydrogens is 396 g/mol. The number of fused-ring (bicyclic) bond motifs is 3. The van der Waals surface area contributed by atoms with Gasteiger partial charge in [0, 0.05) is 5.69 Å². The van der Waals surface area contributed by atoms with Crippen molar-refractivity contribution in [2.75, 3.05) is 5.32 Å². The molecule has 0 saturated carbocycles. The van der Waals surface area contributed by atoms with Gasteiger partial charge in [0.2, 0.25) is 0 Å². The van der Waals surface area contributed by atoms with Crippen molar-refractivity contribution in [1.82, 2.24) is 4.98 Å². The second-order valence-electron chi connectivity index (χ2n) is 7.86. The summed E-state index contributed by atoms with van der Waals surface area (Å²) in [4.78, 5) is 16.6. The normalized spacial score (nSPS) is 17.7. The quantitative estimate of drug-likeness (QED) is 0.706. The number of anilines is 1. The molecular formula is C19H24N4O3S2. The van der Waals surface area contributed by atoms with Gasteiger partial charge in [-0.2, -0.15) is 0 Å². The molecule has 9 heteroatoms. The number of carbonyl (C=O) groups is 1. The second-order valence-corrected chi connectivity index (χ2v) is 10.9. The van der Waals surface area contributed by atoms with Gasteiger partial charge >= 0.3 is 6.03 Å². The van der Waals surface area contributed by atoms with E-state index in [1.165, 1.54) is 28.5 Å². The van der Waals surface area contributed by atoms with Crippen LogP contribution in [0.15, 0.2) is 20.8 Å². The average Bonchev–Trinajstić information content (AvgIpc) is 3.32. The first-order chi connectivity index (χ1) is 13.1. The fourth-order valence-electron chi connectivity index (χ4n) is 4.00. The number of hydrogen-bond acceptors (Lipinski definition) is 5. The number of aliphatic hydroxyl groups is 1. The molecule has 0 aliphatic heterocycles. The maximum atomic E-state index is 12.8. The standard InChI is InChI=1S/C19H24N4O3S2/c1-19(2,25)17-21-10-16(27-17)28(20,26)23-18(24)22-15-9-11-5-3-6-12(11)13-7-4-8-14(13)15/h9-10,25H,3-8H2,1-2H3,(H3,20,22,23,24,26). The number of aryl methyl sites for hydroxylation is 1. The number of urea groups is 1. The fraction of sp³-hybridized carbons (Fsp3) is 0.474. The number of carbonyl (C=O) groups excluding carboxylic acids is 1. The average molecular weight is 421 g/mol. The van der Waals surface area contributed by atoms with Crippen LogP contribution in [0, 0.1) is 0 Å². The lowest BCUT2D eigenvalue weighted by molar-refractivity contribution is 0.0783. The minimum absolute atomic E-state index is 0.166. The van der Waals surface area contributed by atoms with E-state index in [1.807, 2.05) is 6.07 Å². The van der Waals surface area contributed by atoms with Crippen LogP contribution >= 0.6 is 11.3 Å². The number of hydrogen-bond donors (Lipinski definition) is 3. The summed E-state index contributed by atoms with van der Waals surface area (Å²) in [6, 6.07) is 1.31. The van der Waals surface area contributed by atoms with Gasteiger partial charge < -0.3 is 10.4 Å². The monoisotopic (exact) mass is 420 g/mol. The van der Waals surface area contributed by atoms with Crippen molar-refractivity contribution in [3.05, 3.63) is 39.5 Å². The summed E-state index contributed by atoms with van der Waals surface area (Å²) in [7, 11) is -3.44. The lowest BCUT2D eigenvalue weighted by atomic mass is 9.98. The molecule has 1 aromatic heterocycles. The van der Waals surface area contributed by atoms with Gasteiger partial charge in [-0.05, 0) is 80.7 Å². The zero-order valence-corrected chi connectivity index (χ0v) is 17.6. The van der Waals surface area contributed by atoms with Crippen LogP contribution in [0.25, 0.3) is 0 Å². The number of aromatic nitrogens is 1. The summed E-state index contributed by atoms with van der Waals surface area (Å²) in [5, 5.41) is 19.0. The highest BCUT2D eigenvalue weighted by atomic mass is 32.2. The lowest BCUT2D eigenvalue weighted by Crippen LogP contribution is -2.17. The highest BCUT2D eigenvalue weighted by Crippen LogP contribution is 2.38. The largest absolute Gasteiger partial charge is 0.383 e. The molecule has 4 rings (SSSR count). The van der Waals surface area contributed by atoms with Gasteiger partial charge in [-0.15, -0.1) is 15.7 Å². The third-order valence-electron chi connectivity index (χ3n) is 5.24. The molecule has 2 amide bonds. The van der Waals surface area contributed by atoms with Crippen LogP contribution in [-0.2, 0) is 41.2 Å². The van der Waals surface area contributed by atoms with E-state index in [4.69, 9.17) is 5.14 Å². The predicted octanol–water partition coefficient (Wildman–Crippen LogP) is 3.28. The molecule has 0 fully saturated rings. The van der Waals surface area contributed by atoms with Gasteiger partial charge in [0.05, 0.1) is 6.20 Å². The first-order valence-corrected chi connectivity index (χ1v) is 11.8. The molecule has 1 aromatic carbocycles. The Bertz CT molecular complexity index is 1080. The molecule has 1 unspecified atom stereocenters. The highest BCUT2D eigenvalue weighted by molar-refractivity contribution is 7.93. The molecule has 2 aliphatic rings. The molecule has 1 heterocycles. The van der Waals surface area contributed by atoms with Crippen LogP contribution in [0.1, 0.15) is 54.0 Å². The van der Waals surface area contributed by atoms with Crippen molar-refractivity contribution >= 4 is 33.0 Å². The van der Waals surface area contributed by atoms with Crippen molar-refractivity contribution in [2.24, 2.45) is 9.50 Å². The van der Waals surface area contributed by atoms with Crippen LogP contribution in [0.5, 0.6) is 0 Å². The lowest BCUT2D eigenvalue weighted by Gasteiger charge is -2.14. The number of nitrogens with one attached hydrogen (secondary N) is 1. The van der Waals surface area contributed by atoms with Gasteiger partial charge in [0.15, 0.2) is 9.92 Å². The van der Waals surface area contributed by atoms with Crippen molar-refractivity contribution in [3.63, 3.8) is 0 Å². The minimum Gasteiger partial charge on any atom is -0.383 e. The Morgan fingerprint density at radius 3 is 2.64 bits per heavy atom. The van der Waals surface area contributed by atoms with E-state index in [9.17, 15) is 14.1 Å². The third-order valence-corrected chi connectivity index (χ3v) is 8.43. The molecule has 2 aliphatic carbocycles. The first-order valence-electron chi connectivity index (χ1n) is 9.36. The van der Waals surface area contributed by atoms with Crippen LogP contribution in [0.2, 0.25) is 0 Å². The Balaban J connectivity index is 1.62. The van der Waals surface area contributed by atoms with Crippen molar-refractivity contribution in [2.45, 2.75) is 62.2 Å². The molecule has 0 bridgehead atoms. The SMILES string of the molecule is CC(C)(O)c1ncc(S(N)(=O)=NC(=O)Nc2cc3c(c4c2CCC4)CCC3)s1. The van der Waals surface area contributed by atoms with E-state index >= 15 is 0 Å². The summed E-state index contributed by atoms with van der Waals surface area (Å²) < 4.78 is 16.7. The molecule has 150 valence electrons. The summed E-state index contributed by atoms with van der Waals surface area (Å²) in [6.45, 7) is 3.15. The fourth-order valence-corrected chi connectivity index (χ4v) is 6.06. The second kappa shape index (κ2) is 6.91. The summed E-state index contributed by atoms with van der Waals surface area (Å²) in [5.41, 5.74) is 4.88. The zero-order valence-electron chi connectivity index (χ0n) is 15.9. The Morgan fingerprint density at radius 2 is 1.93 bits per heavy atom. The summed E-state index contributed by atoms with van der Waals surface area (Å²) in [6.07, 6.45) is 7.66. The van der Waals surface area contributed by atoms with Crippen molar-refractivity contribution < 1.29 is 14.1 Å². The van der Waals surface area contributed by atoms with E-state index in [0.29, 0.717) is 5.01 Å². The zero-order chi connectivity index (χ0) is 20.1. The molecule has 28 heavy (non-hydrogen) atoms. The number of thiazole rings is 1. The topological polar surface area (TPSA) is 118 Å². The molecule has 0 spiro atoms. The number of rotatable bonds is 3. The molecule has 0 radical (unpaired) electrons. The summed E-state index contributed by atoms with van der Waals surface area (Å²) >= 11 is 0.996. The van der Waals surface area contributed by atoms with Gasteiger partial charge in [-0.25, -0.2) is 19.1 Å². The van der Waals surface area contributed by atoms with Crippen molar-refractivity contribution in [1.29, 1.82) is 0 Å². The van der Waals surface area contributed by atoms with Crippen molar-refractivity contribution in [3.8, 4) is 0 Å². The van der Waals surface area contributed by atoms with Gasteiger partial charge in [0.1, 0.15) is 14.8 Å². The van der Waals surface area contributed by atoms with E-state index in [2.05, 4.69) is 14.7 Å². The Morgan fingerprint density at radius 1 is 1.25 bits per heavy atom. The van der Waals surface area contributed by atoms with Crippen LogP contribution in [0.4, 0.5) is 10.5 Å². The number of nitrogens with zero attached hydrogens (tertiary/aromatic N) is 2. The Kier molecular flexibility index (Phi) is 4.81. The number of nitrogens with two attached hydrogens (primary N) is 1. The third kappa shape index (κ3) is 3.59. The highest BCUT2D eigenvalue weighted by Gasteiger charge is 2.26. The first kappa shape index (κ1) is 19.5. The van der Waals surface area contributed by atoms with E-state index in [-0.39, 0.29) is 4.21 Å². The number of benzene rings is 1. The molecule has 4 N–H and O–H groups in total. The molecule has 0 saturated heterocycles. The van der Waals surface area contributed by atoms with Crippen LogP contribution < -0.4 is 10.5 Å². The van der Waals surface area contributed by atoms with Gasteiger partial charge in [0.25, 0.3) is 0 Å². The van der Waals surface area contributed by atoms with E-state index < -0.39 is 21.5 Å². The minimum atomic E-state index is -3.44. The van der Waals surface area contributed by atoms with E-state index in [1.54, 1.807) is 13.8 Å². The van der Waals surface area contributed by atoms with E-state index in [0.717, 1.165) is 55.5 Å². The van der Waals surface area contributed by atoms with Crippen LogP contribution in [0.3, 0.4) is 0 Å². The molecule has 7 nitrogen and oxygen atoms in total. The Labute approximate surface area is 168 Å². The Hall–Kier alpha value is -1.81. The predicted molar refractivity (Wildman–Crippen MR) is 110 cm³/mol. The maximum absolute atomic E-state index is 12.8. The molecule has 1 atom stereocenters.